The van der Waals surface area contributed by atoms with Crippen molar-refractivity contribution in [3.05, 3.63) is 83.9 Å². The van der Waals surface area contributed by atoms with Crippen LogP contribution in [0.2, 0.25) is 0 Å². The normalized spacial score (nSPS) is 11.5. The molecule has 0 aliphatic heterocycles. The van der Waals surface area contributed by atoms with Gasteiger partial charge in [-0.1, -0.05) is 23.4 Å². The number of hydrogen-bond acceptors (Lipinski definition) is 9. The third kappa shape index (κ3) is 5.00. The number of amides is 1. The zero-order valence-electron chi connectivity index (χ0n) is 20.8. The lowest BCUT2D eigenvalue weighted by atomic mass is 10.0. The average molecular weight is 565 g/mol. The van der Waals surface area contributed by atoms with Gasteiger partial charge in [0.15, 0.2) is 17.1 Å². The number of rotatable bonds is 7. The Labute approximate surface area is 226 Å². The number of nitrogens with two attached hydrogens (primary N) is 2. The van der Waals surface area contributed by atoms with E-state index in [0.29, 0.717) is 16.7 Å². The Morgan fingerprint density at radius 3 is 2.58 bits per heavy atom. The maximum absolute atomic E-state index is 15.2. The number of primary sulfonamides is 1. The number of nitrogens with one attached hydrogen (secondary N) is 1. The summed E-state index contributed by atoms with van der Waals surface area (Å²) in [7, 11) is -4.12. The van der Waals surface area contributed by atoms with Crippen molar-refractivity contribution in [2.24, 2.45) is 5.14 Å². The van der Waals surface area contributed by atoms with Crippen LogP contribution in [-0.4, -0.2) is 41.8 Å². The van der Waals surface area contributed by atoms with Crippen LogP contribution in [0, 0.1) is 5.82 Å². The van der Waals surface area contributed by atoms with E-state index in [1.54, 1.807) is 31.2 Å². The van der Waals surface area contributed by atoms with E-state index in [0.717, 1.165) is 6.07 Å². The quantitative estimate of drug-likeness (QED) is 0.249. The number of carbonyl (C=O) groups excluding carboxylic acids is 2. The molecule has 2 aromatic heterocycles. The molecule has 5 rings (SSSR count). The van der Waals surface area contributed by atoms with Gasteiger partial charge in [0.2, 0.25) is 10.0 Å². The van der Waals surface area contributed by atoms with E-state index >= 15 is 4.39 Å². The van der Waals surface area contributed by atoms with Crippen LogP contribution in [0.3, 0.4) is 0 Å². The summed E-state index contributed by atoms with van der Waals surface area (Å²) in [6.07, 6.45) is 0. The van der Waals surface area contributed by atoms with Gasteiger partial charge in [0.1, 0.15) is 11.5 Å². The summed E-state index contributed by atoms with van der Waals surface area (Å²) in [5.74, 6) is -2.15. The number of aromatic nitrogens is 3. The largest absolute Gasteiger partial charge is 0.461 e. The number of hydrogen-bond donors (Lipinski definition) is 3. The van der Waals surface area contributed by atoms with Crippen LogP contribution in [0.4, 0.5) is 15.9 Å². The Bertz CT molecular complexity index is 1900. The van der Waals surface area contributed by atoms with Crippen LogP contribution < -0.4 is 16.2 Å². The summed E-state index contributed by atoms with van der Waals surface area (Å²) in [5, 5.41) is 16.3. The highest BCUT2D eigenvalue weighted by Crippen LogP contribution is 2.31. The number of esters is 1. The highest BCUT2D eigenvalue weighted by molar-refractivity contribution is 7.89. The number of benzene rings is 3. The Kier molecular flexibility index (Phi) is 6.79. The van der Waals surface area contributed by atoms with Gasteiger partial charge in [-0.3, -0.25) is 4.79 Å². The first-order valence-corrected chi connectivity index (χ1v) is 13.3. The number of halogens is 1. The molecule has 5 N–H and O–H groups in total. The van der Waals surface area contributed by atoms with Crippen molar-refractivity contribution < 1.29 is 31.7 Å². The fourth-order valence-electron chi connectivity index (χ4n) is 4.07. The van der Waals surface area contributed by atoms with Gasteiger partial charge < -0.3 is 20.3 Å². The molecule has 0 radical (unpaired) electrons. The monoisotopic (exact) mass is 564 g/mol. The predicted octanol–water partition coefficient (Wildman–Crippen LogP) is 3.48. The van der Waals surface area contributed by atoms with Crippen molar-refractivity contribution >= 4 is 44.4 Å². The molecule has 40 heavy (non-hydrogen) atoms. The van der Waals surface area contributed by atoms with Crippen LogP contribution in [-0.2, 0) is 14.8 Å². The van der Waals surface area contributed by atoms with Crippen LogP contribution in [0.25, 0.3) is 27.8 Å². The van der Waals surface area contributed by atoms with Crippen molar-refractivity contribution in [1.82, 2.24) is 14.9 Å². The second-order valence-corrected chi connectivity index (χ2v) is 10.0. The molecular weight excluding hydrogens is 543 g/mol. The third-order valence-electron chi connectivity index (χ3n) is 5.86. The minimum atomic E-state index is -4.12. The van der Waals surface area contributed by atoms with Gasteiger partial charge in [-0.15, -0.1) is 0 Å². The highest BCUT2D eigenvalue weighted by atomic mass is 32.2. The van der Waals surface area contributed by atoms with E-state index in [2.05, 4.69) is 15.6 Å². The predicted molar refractivity (Wildman–Crippen MR) is 143 cm³/mol. The van der Waals surface area contributed by atoms with Gasteiger partial charge in [-0.25, -0.2) is 27.4 Å². The van der Waals surface area contributed by atoms with Crippen molar-refractivity contribution in [2.75, 3.05) is 17.7 Å². The minimum Gasteiger partial charge on any atom is -0.461 e. The SMILES string of the molecule is CCOC(=O)c1cc(C(=O)Nc2ccc(-c3ccccc3S(N)(=O)=O)c(F)c2)n(-c2ccc3onc(N)c3c2)n1. The van der Waals surface area contributed by atoms with Crippen molar-refractivity contribution in [1.29, 1.82) is 0 Å². The summed E-state index contributed by atoms with van der Waals surface area (Å²) in [6, 6.07) is 15.4. The molecule has 0 unspecified atom stereocenters. The van der Waals surface area contributed by atoms with E-state index < -0.39 is 27.7 Å². The number of ether oxygens (including phenoxy) is 1. The number of carbonyl (C=O) groups is 2. The number of nitrogens with zero attached hydrogens (tertiary/aromatic N) is 3. The molecule has 0 saturated heterocycles. The van der Waals surface area contributed by atoms with Crippen LogP contribution in [0.1, 0.15) is 27.9 Å². The first-order valence-electron chi connectivity index (χ1n) is 11.7. The second-order valence-electron chi connectivity index (χ2n) is 8.49. The molecular formula is C26H21FN6O6S. The van der Waals surface area contributed by atoms with Gasteiger partial charge in [0, 0.05) is 22.9 Å². The molecule has 0 saturated carbocycles. The standard InChI is InChI=1S/C26H21FN6O6S/c1-2-38-26(35)20-13-21(33(31-20)15-8-10-22-18(12-15)24(28)32-39-22)25(34)30-14-7-9-16(19(27)11-14)17-5-3-4-6-23(17)40(29,36)37/h3-13H,2H2,1H3,(H2,28,32)(H,30,34)(H2,29,36,37). The van der Waals surface area contributed by atoms with E-state index in [1.807, 2.05) is 0 Å². The highest BCUT2D eigenvalue weighted by Gasteiger charge is 2.23. The van der Waals surface area contributed by atoms with Gasteiger partial charge in [-0.05, 0) is 49.4 Å². The molecule has 0 aliphatic rings. The molecule has 204 valence electrons. The molecule has 0 spiro atoms. The Hall–Kier alpha value is -5.08. The van der Waals surface area contributed by atoms with Gasteiger partial charge >= 0.3 is 5.97 Å². The van der Waals surface area contributed by atoms with E-state index in [1.165, 1.54) is 41.1 Å². The van der Waals surface area contributed by atoms with Crippen molar-refractivity contribution in [3.63, 3.8) is 0 Å². The molecule has 0 bridgehead atoms. The van der Waals surface area contributed by atoms with Crippen molar-refractivity contribution in [2.45, 2.75) is 11.8 Å². The van der Waals surface area contributed by atoms with E-state index in [4.69, 9.17) is 20.1 Å². The fraction of sp³-hybridized carbons (Fsp3) is 0.0769. The summed E-state index contributed by atoms with van der Waals surface area (Å²) in [5.41, 5.74) is 6.52. The summed E-state index contributed by atoms with van der Waals surface area (Å²) < 4.78 is 50.4. The lowest BCUT2D eigenvalue weighted by Crippen LogP contribution is -2.17. The molecule has 3 aromatic carbocycles. The van der Waals surface area contributed by atoms with Crippen LogP contribution in [0.15, 0.2) is 76.1 Å². The van der Waals surface area contributed by atoms with Gasteiger partial charge in [-0.2, -0.15) is 5.10 Å². The average Bonchev–Trinajstić information content (AvgIpc) is 3.53. The Morgan fingerprint density at radius 2 is 1.85 bits per heavy atom. The molecule has 5 aromatic rings. The number of nitrogen functional groups attached to an aromatic ring is 1. The lowest BCUT2D eigenvalue weighted by Gasteiger charge is -2.12. The third-order valence-corrected chi connectivity index (χ3v) is 6.83. The van der Waals surface area contributed by atoms with Gasteiger partial charge in [0.25, 0.3) is 5.91 Å². The number of fused-ring (bicyclic) bond motifs is 1. The Morgan fingerprint density at radius 1 is 1.07 bits per heavy atom. The van der Waals surface area contributed by atoms with E-state index in [-0.39, 0.29) is 45.5 Å². The zero-order chi connectivity index (χ0) is 28.6. The van der Waals surface area contributed by atoms with Crippen LogP contribution >= 0.6 is 0 Å². The van der Waals surface area contributed by atoms with E-state index in [9.17, 15) is 18.0 Å². The van der Waals surface area contributed by atoms with Gasteiger partial charge in [0.05, 0.1) is 22.6 Å². The maximum Gasteiger partial charge on any atom is 0.358 e. The summed E-state index contributed by atoms with van der Waals surface area (Å²) >= 11 is 0. The zero-order valence-corrected chi connectivity index (χ0v) is 21.6. The molecule has 0 fully saturated rings. The maximum atomic E-state index is 15.2. The lowest BCUT2D eigenvalue weighted by molar-refractivity contribution is 0.0519. The summed E-state index contributed by atoms with van der Waals surface area (Å²) in [6.45, 7) is 1.72. The molecule has 2 heterocycles. The fourth-order valence-corrected chi connectivity index (χ4v) is 4.82. The smallest absolute Gasteiger partial charge is 0.358 e. The molecule has 1 amide bonds. The Balaban J connectivity index is 1.51. The topological polar surface area (TPSA) is 185 Å². The van der Waals surface area contributed by atoms with Crippen LogP contribution in [0.5, 0.6) is 0 Å². The molecule has 14 heteroatoms. The van der Waals surface area contributed by atoms with Crippen molar-refractivity contribution in [3.8, 4) is 16.8 Å². The molecule has 0 aliphatic carbocycles. The summed E-state index contributed by atoms with van der Waals surface area (Å²) in [4.78, 5) is 25.5. The first kappa shape index (κ1) is 26.5. The second kappa shape index (κ2) is 10.2. The first-order chi connectivity index (χ1) is 19.1. The number of anilines is 2. The number of sulfonamides is 1. The molecule has 0 atom stereocenters. The molecule has 12 nitrogen and oxygen atoms in total. The minimum absolute atomic E-state index is 0.0307.